The molecule has 19 heavy (non-hydrogen) atoms. The minimum absolute atomic E-state index is 0.295. The molecule has 0 bridgehead atoms. The highest BCUT2D eigenvalue weighted by atomic mass is 16.2. The van der Waals surface area contributed by atoms with E-state index in [9.17, 15) is 4.79 Å². The number of fused-ring (bicyclic) bond motifs is 1. The van der Waals surface area contributed by atoms with Gasteiger partial charge in [0, 0.05) is 11.7 Å². The second-order valence-corrected chi connectivity index (χ2v) is 5.86. The SMILES string of the molecule is CC[C@@]1(C)C(=O)N(C2CCNCC2)c2ccccc21. The first-order chi connectivity index (χ1) is 9.18. The van der Waals surface area contributed by atoms with Gasteiger partial charge in [0.25, 0.3) is 0 Å². The highest BCUT2D eigenvalue weighted by Gasteiger charge is 2.47. The second kappa shape index (κ2) is 4.64. The molecule has 102 valence electrons. The molecule has 2 aliphatic heterocycles. The lowest BCUT2D eigenvalue weighted by Crippen LogP contribution is -2.48. The molecule has 0 aromatic heterocycles. The van der Waals surface area contributed by atoms with Crippen LogP contribution in [0.2, 0.25) is 0 Å². The summed E-state index contributed by atoms with van der Waals surface area (Å²) < 4.78 is 0. The Morgan fingerprint density at radius 2 is 2.00 bits per heavy atom. The summed E-state index contributed by atoms with van der Waals surface area (Å²) >= 11 is 0. The van der Waals surface area contributed by atoms with Gasteiger partial charge >= 0.3 is 0 Å². The quantitative estimate of drug-likeness (QED) is 0.883. The summed E-state index contributed by atoms with van der Waals surface area (Å²) in [5, 5.41) is 3.37. The number of benzene rings is 1. The summed E-state index contributed by atoms with van der Waals surface area (Å²) in [6.07, 6.45) is 2.98. The molecule has 1 amide bonds. The Labute approximate surface area is 115 Å². The van der Waals surface area contributed by atoms with Crippen LogP contribution in [-0.4, -0.2) is 25.0 Å². The summed E-state index contributed by atoms with van der Waals surface area (Å²) in [7, 11) is 0. The largest absolute Gasteiger partial charge is 0.317 e. The summed E-state index contributed by atoms with van der Waals surface area (Å²) in [5.74, 6) is 0.295. The number of para-hydroxylation sites is 1. The first-order valence-corrected chi connectivity index (χ1v) is 7.32. The van der Waals surface area contributed by atoms with Gasteiger partial charge in [-0.2, -0.15) is 0 Å². The van der Waals surface area contributed by atoms with Gasteiger partial charge in [-0.15, -0.1) is 0 Å². The predicted molar refractivity (Wildman–Crippen MR) is 77.5 cm³/mol. The molecule has 3 nitrogen and oxygen atoms in total. The van der Waals surface area contributed by atoms with E-state index in [0.29, 0.717) is 11.9 Å². The lowest BCUT2D eigenvalue weighted by Gasteiger charge is -2.33. The van der Waals surface area contributed by atoms with Gasteiger partial charge < -0.3 is 10.2 Å². The van der Waals surface area contributed by atoms with Crippen LogP contribution in [0.4, 0.5) is 5.69 Å². The van der Waals surface area contributed by atoms with Crippen LogP contribution < -0.4 is 10.2 Å². The molecule has 1 atom stereocenters. The van der Waals surface area contributed by atoms with Crippen LogP contribution in [0.25, 0.3) is 0 Å². The molecule has 3 heteroatoms. The molecule has 0 unspecified atom stereocenters. The zero-order valence-corrected chi connectivity index (χ0v) is 11.8. The van der Waals surface area contributed by atoms with E-state index in [-0.39, 0.29) is 5.41 Å². The Bertz CT molecular complexity index is 493. The number of hydrogen-bond acceptors (Lipinski definition) is 2. The Balaban J connectivity index is 2.04. The van der Waals surface area contributed by atoms with Crippen molar-refractivity contribution in [2.75, 3.05) is 18.0 Å². The molecule has 0 radical (unpaired) electrons. The average molecular weight is 258 g/mol. The smallest absolute Gasteiger partial charge is 0.237 e. The number of piperidine rings is 1. The van der Waals surface area contributed by atoms with E-state index in [4.69, 9.17) is 0 Å². The number of rotatable bonds is 2. The molecule has 1 aromatic rings. The van der Waals surface area contributed by atoms with Gasteiger partial charge in [-0.25, -0.2) is 0 Å². The lowest BCUT2D eigenvalue weighted by atomic mass is 9.81. The highest BCUT2D eigenvalue weighted by molar-refractivity contribution is 6.08. The van der Waals surface area contributed by atoms with Crippen LogP contribution >= 0.6 is 0 Å². The highest BCUT2D eigenvalue weighted by Crippen LogP contribution is 2.45. The van der Waals surface area contributed by atoms with Crippen molar-refractivity contribution in [3.05, 3.63) is 29.8 Å². The van der Waals surface area contributed by atoms with Gasteiger partial charge in [0.15, 0.2) is 0 Å². The van der Waals surface area contributed by atoms with Crippen molar-refractivity contribution in [3.8, 4) is 0 Å². The number of amides is 1. The summed E-state index contributed by atoms with van der Waals surface area (Å²) in [4.78, 5) is 15.0. The number of anilines is 1. The minimum Gasteiger partial charge on any atom is -0.317 e. The van der Waals surface area contributed by atoms with Crippen molar-refractivity contribution in [2.45, 2.75) is 44.6 Å². The lowest BCUT2D eigenvalue weighted by molar-refractivity contribution is -0.123. The maximum Gasteiger partial charge on any atom is 0.237 e. The van der Waals surface area contributed by atoms with Gasteiger partial charge in [-0.3, -0.25) is 4.79 Å². The van der Waals surface area contributed by atoms with Crippen LogP contribution in [-0.2, 0) is 10.2 Å². The van der Waals surface area contributed by atoms with E-state index >= 15 is 0 Å². The van der Waals surface area contributed by atoms with E-state index in [0.717, 1.165) is 38.0 Å². The van der Waals surface area contributed by atoms with Crippen molar-refractivity contribution in [1.29, 1.82) is 0 Å². The Morgan fingerprint density at radius 1 is 1.32 bits per heavy atom. The average Bonchev–Trinajstić information content (AvgIpc) is 2.70. The van der Waals surface area contributed by atoms with E-state index in [1.165, 1.54) is 5.56 Å². The zero-order valence-electron chi connectivity index (χ0n) is 11.8. The first-order valence-electron chi connectivity index (χ1n) is 7.32. The van der Waals surface area contributed by atoms with Crippen LogP contribution in [0.3, 0.4) is 0 Å². The fourth-order valence-electron chi connectivity index (χ4n) is 3.41. The molecular formula is C16H22N2O. The molecule has 3 rings (SSSR count). The van der Waals surface area contributed by atoms with Crippen molar-refractivity contribution >= 4 is 11.6 Å². The van der Waals surface area contributed by atoms with Crippen LogP contribution in [0, 0.1) is 0 Å². The maximum absolute atomic E-state index is 12.9. The molecule has 0 aliphatic carbocycles. The number of carbonyl (C=O) groups is 1. The third-order valence-electron chi connectivity index (χ3n) is 4.83. The van der Waals surface area contributed by atoms with Gasteiger partial charge in [0.2, 0.25) is 5.91 Å². The van der Waals surface area contributed by atoms with Gasteiger partial charge in [-0.1, -0.05) is 25.1 Å². The first kappa shape index (κ1) is 12.7. The minimum atomic E-state index is -0.332. The van der Waals surface area contributed by atoms with Crippen molar-refractivity contribution in [1.82, 2.24) is 5.32 Å². The number of nitrogens with one attached hydrogen (secondary N) is 1. The predicted octanol–water partition coefficient (Wildman–Crippen LogP) is 2.45. The molecule has 0 saturated carbocycles. The van der Waals surface area contributed by atoms with Crippen molar-refractivity contribution < 1.29 is 4.79 Å². The zero-order chi connectivity index (χ0) is 13.5. The van der Waals surface area contributed by atoms with E-state index in [1.54, 1.807) is 0 Å². The molecular weight excluding hydrogens is 236 g/mol. The summed E-state index contributed by atoms with van der Waals surface area (Å²) in [5.41, 5.74) is 2.02. The standard InChI is InChI=1S/C16H22N2O/c1-3-16(2)13-6-4-5-7-14(13)18(15(16)19)12-8-10-17-11-9-12/h4-7,12,17H,3,8-11H2,1-2H3/t16-/m1/s1. The second-order valence-electron chi connectivity index (χ2n) is 5.86. The van der Waals surface area contributed by atoms with E-state index in [1.807, 2.05) is 12.1 Å². The maximum atomic E-state index is 12.9. The van der Waals surface area contributed by atoms with Gasteiger partial charge in [0.1, 0.15) is 0 Å². The topological polar surface area (TPSA) is 32.3 Å². The summed E-state index contributed by atoms with van der Waals surface area (Å²) in [6, 6.07) is 8.69. The molecule has 1 N–H and O–H groups in total. The number of carbonyl (C=O) groups excluding carboxylic acids is 1. The van der Waals surface area contributed by atoms with Gasteiger partial charge in [0.05, 0.1) is 5.41 Å². The Hall–Kier alpha value is -1.35. The molecule has 1 saturated heterocycles. The van der Waals surface area contributed by atoms with Gasteiger partial charge in [-0.05, 0) is 50.9 Å². The van der Waals surface area contributed by atoms with Crippen LogP contribution in [0.1, 0.15) is 38.7 Å². The number of nitrogens with zero attached hydrogens (tertiary/aromatic N) is 1. The monoisotopic (exact) mass is 258 g/mol. The third-order valence-corrected chi connectivity index (χ3v) is 4.83. The third kappa shape index (κ3) is 1.79. The van der Waals surface area contributed by atoms with E-state index < -0.39 is 0 Å². The van der Waals surface area contributed by atoms with Crippen molar-refractivity contribution in [2.24, 2.45) is 0 Å². The van der Waals surface area contributed by atoms with Crippen LogP contribution in [0.5, 0.6) is 0 Å². The molecule has 2 aliphatic rings. The van der Waals surface area contributed by atoms with Crippen molar-refractivity contribution in [3.63, 3.8) is 0 Å². The fraction of sp³-hybridized carbons (Fsp3) is 0.562. The molecule has 0 spiro atoms. The Morgan fingerprint density at radius 3 is 2.68 bits per heavy atom. The van der Waals surface area contributed by atoms with Crippen LogP contribution in [0.15, 0.2) is 24.3 Å². The Kier molecular flexibility index (Phi) is 3.09. The molecule has 1 aromatic carbocycles. The summed E-state index contributed by atoms with van der Waals surface area (Å²) in [6.45, 7) is 6.23. The number of hydrogen-bond donors (Lipinski definition) is 1. The fourth-order valence-corrected chi connectivity index (χ4v) is 3.41. The van der Waals surface area contributed by atoms with E-state index in [2.05, 4.69) is 36.2 Å². The normalized spacial score (nSPS) is 27.7. The molecule has 2 heterocycles. The molecule has 1 fully saturated rings.